The highest BCUT2D eigenvalue weighted by atomic mass is 15.4. The Hall–Kier alpha value is -2.76. The first-order valence-electron chi connectivity index (χ1n) is 6.98. The third kappa shape index (κ3) is 2.05. The fraction of sp³-hybridized carbons (Fsp3) is 0.200. The minimum atomic E-state index is 0.749. The number of aromatic nitrogens is 4. The van der Waals surface area contributed by atoms with Gasteiger partial charge in [-0.2, -0.15) is 4.68 Å². The second kappa shape index (κ2) is 4.97. The van der Waals surface area contributed by atoms with E-state index in [0.29, 0.717) is 0 Å². The van der Waals surface area contributed by atoms with Crippen LogP contribution in [0.4, 0.5) is 0 Å². The molecule has 0 saturated heterocycles. The second-order valence-electron chi connectivity index (χ2n) is 4.88. The fourth-order valence-corrected chi connectivity index (χ4v) is 2.49. The molecule has 6 heteroatoms. The van der Waals surface area contributed by atoms with Crippen molar-refractivity contribution in [3.05, 3.63) is 48.2 Å². The van der Waals surface area contributed by atoms with Crippen molar-refractivity contribution < 1.29 is 0 Å². The summed E-state index contributed by atoms with van der Waals surface area (Å²) in [4.78, 5) is 9.04. The van der Waals surface area contributed by atoms with E-state index >= 15 is 0 Å². The van der Waals surface area contributed by atoms with Crippen LogP contribution in [-0.2, 0) is 0 Å². The Bertz CT molecular complexity index is 820. The minimum absolute atomic E-state index is 0.749. The fourth-order valence-electron chi connectivity index (χ4n) is 2.49. The average molecular weight is 278 g/mol. The maximum absolute atomic E-state index is 4.55. The van der Waals surface area contributed by atoms with Crippen LogP contribution in [0.25, 0.3) is 16.9 Å². The highest BCUT2D eigenvalue weighted by Crippen LogP contribution is 2.18. The molecule has 1 N–H and O–H groups in total. The van der Waals surface area contributed by atoms with Crippen LogP contribution in [0.2, 0.25) is 0 Å². The maximum Gasteiger partial charge on any atom is 0.166 e. The molecule has 6 nitrogen and oxygen atoms in total. The zero-order valence-corrected chi connectivity index (χ0v) is 11.4. The highest BCUT2D eigenvalue weighted by molar-refractivity contribution is 6.02. The van der Waals surface area contributed by atoms with E-state index in [0.717, 1.165) is 47.8 Å². The third-order valence-corrected chi connectivity index (χ3v) is 3.49. The molecule has 0 fully saturated rings. The van der Waals surface area contributed by atoms with Crippen LogP contribution in [0.3, 0.4) is 0 Å². The molecule has 1 aromatic carbocycles. The molecule has 0 unspecified atom stereocenters. The zero-order valence-electron chi connectivity index (χ0n) is 11.4. The van der Waals surface area contributed by atoms with Gasteiger partial charge in [-0.25, -0.2) is 4.98 Å². The Morgan fingerprint density at radius 2 is 2.05 bits per heavy atom. The van der Waals surface area contributed by atoms with Gasteiger partial charge in [-0.3, -0.25) is 4.99 Å². The van der Waals surface area contributed by atoms with Gasteiger partial charge in [0.05, 0.1) is 11.1 Å². The summed E-state index contributed by atoms with van der Waals surface area (Å²) in [5.41, 5.74) is 2.74. The molecular formula is C15H14N6. The van der Waals surface area contributed by atoms with Crippen molar-refractivity contribution >= 4 is 16.9 Å². The summed E-state index contributed by atoms with van der Waals surface area (Å²) < 4.78 is 1.77. The van der Waals surface area contributed by atoms with E-state index < -0.39 is 0 Å². The quantitative estimate of drug-likeness (QED) is 0.772. The second-order valence-corrected chi connectivity index (χ2v) is 4.88. The summed E-state index contributed by atoms with van der Waals surface area (Å²) in [5, 5.41) is 11.8. The van der Waals surface area contributed by atoms with Gasteiger partial charge in [-0.05, 0) is 30.7 Å². The number of hydrogen-bond acceptors (Lipinski definition) is 5. The van der Waals surface area contributed by atoms with E-state index in [-0.39, 0.29) is 0 Å². The van der Waals surface area contributed by atoms with Crippen molar-refractivity contribution in [1.29, 1.82) is 0 Å². The number of rotatable bonds is 2. The van der Waals surface area contributed by atoms with Crippen molar-refractivity contribution in [2.24, 2.45) is 4.99 Å². The van der Waals surface area contributed by atoms with E-state index in [1.165, 1.54) is 0 Å². The number of nitrogens with one attached hydrogen (secondary N) is 1. The minimum Gasteiger partial charge on any atom is -0.370 e. The van der Waals surface area contributed by atoms with Gasteiger partial charge >= 0.3 is 0 Å². The SMILES string of the molecule is c1cnc(-n2nnc3ccccc32)c(C2=NCCCN2)c1. The van der Waals surface area contributed by atoms with Crippen LogP contribution in [0, 0.1) is 0 Å². The highest BCUT2D eigenvalue weighted by Gasteiger charge is 2.16. The maximum atomic E-state index is 4.55. The van der Waals surface area contributed by atoms with E-state index in [1.54, 1.807) is 10.9 Å². The van der Waals surface area contributed by atoms with Crippen LogP contribution in [0.15, 0.2) is 47.6 Å². The van der Waals surface area contributed by atoms with E-state index in [2.05, 4.69) is 25.6 Å². The molecule has 0 amide bonds. The summed E-state index contributed by atoms with van der Waals surface area (Å²) in [6.45, 7) is 1.78. The van der Waals surface area contributed by atoms with Crippen molar-refractivity contribution in [2.75, 3.05) is 13.1 Å². The first-order valence-corrected chi connectivity index (χ1v) is 6.98. The molecule has 104 valence electrons. The predicted molar refractivity (Wildman–Crippen MR) is 80.7 cm³/mol. The van der Waals surface area contributed by atoms with E-state index in [4.69, 9.17) is 0 Å². The smallest absolute Gasteiger partial charge is 0.166 e. The van der Waals surface area contributed by atoms with Gasteiger partial charge in [0.1, 0.15) is 11.4 Å². The van der Waals surface area contributed by atoms with Gasteiger partial charge in [-0.15, -0.1) is 5.10 Å². The summed E-state index contributed by atoms with van der Waals surface area (Å²) in [6, 6.07) is 11.8. The van der Waals surface area contributed by atoms with E-state index in [1.807, 2.05) is 36.4 Å². The van der Waals surface area contributed by atoms with Crippen molar-refractivity contribution in [2.45, 2.75) is 6.42 Å². The van der Waals surface area contributed by atoms with E-state index in [9.17, 15) is 0 Å². The number of aliphatic imine (C=N–C) groups is 1. The lowest BCUT2D eigenvalue weighted by atomic mass is 10.2. The zero-order chi connectivity index (χ0) is 14.1. The summed E-state index contributed by atoms with van der Waals surface area (Å²) in [6.07, 6.45) is 2.82. The lowest BCUT2D eigenvalue weighted by Gasteiger charge is -2.16. The van der Waals surface area contributed by atoms with Crippen LogP contribution in [0.1, 0.15) is 12.0 Å². The first-order chi connectivity index (χ1) is 10.4. The van der Waals surface area contributed by atoms with Crippen molar-refractivity contribution in [3.63, 3.8) is 0 Å². The third-order valence-electron chi connectivity index (χ3n) is 3.49. The Labute approximate surface area is 121 Å². The van der Waals surface area contributed by atoms with Crippen molar-refractivity contribution in [1.82, 2.24) is 25.3 Å². The van der Waals surface area contributed by atoms with Crippen LogP contribution in [0.5, 0.6) is 0 Å². The largest absolute Gasteiger partial charge is 0.370 e. The number of para-hydroxylation sites is 1. The average Bonchev–Trinajstić information content (AvgIpc) is 3.00. The molecule has 0 radical (unpaired) electrons. The molecule has 1 aliphatic heterocycles. The van der Waals surface area contributed by atoms with Crippen molar-refractivity contribution in [3.8, 4) is 5.82 Å². The lowest BCUT2D eigenvalue weighted by molar-refractivity contribution is 0.738. The van der Waals surface area contributed by atoms with Crippen LogP contribution >= 0.6 is 0 Å². The molecule has 0 spiro atoms. The number of fused-ring (bicyclic) bond motifs is 1. The first kappa shape index (κ1) is 12.0. The number of hydrogen-bond donors (Lipinski definition) is 1. The number of amidine groups is 1. The van der Waals surface area contributed by atoms with Gasteiger partial charge in [-0.1, -0.05) is 17.3 Å². The molecular weight excluding hydrogens is 264 g/mol. The van der Waals surface area contributed by atoms with Crippen LogP contribution < -0.4 is 5.32 Å². The normalized spacial score (nSPS) is 14.8. The molecule has 1 aliphatic rings. The van der Waals surface area contributed by atoms with Gasteiger partial charge in [0.2, 0.25) is 0 Å². The van der Waals surface area contributed by atoms with Crippen LogP contribution in [-0.4, -0.2) is 38.9 Å². The Balaban J connectivity index is 1.91. The van der Waals surface area contributed by atoms with Gasteiger partial charge in [0.15, 0.2) is 5.82 Å². The van der Waals surface area contributed by atoms with Gasteiger partial charge in [0.25, 0.3) is 0 Å². The molecule has 0 saturated carbocycles. The molecule has 2 aromatic heterocycles. The molecule has 0 aliphatic carbocycles. The predicted octanol–water partition coefficient (Wildman–Crippen LogP) is 1.56. The molecule has 0 atom stereocenters. The number of pyridine rings is 1. The number of nitrogens with zero attached hydrogens (tertiary/aromatic N) is 5. The standard InChI is InChI=1S/C15H14N6/c1-2-7-13-12(6-1)19-20-21(13)15-11(5-3-8-18-15)14-16-9-4-10-17-14/h1-3,5-8H,4,9-10H2,(H,16,17). The summed E-state index contributed by atoms with van der Waals surface area (Å²) in [7, 11) is 0. The molecule has 21 heavy (non-hydrogen) atoms. The molecule has 3 aromatic rings. The Morgan fingerprint density at radius 1 is 1.10 bits per heavy atom. The topological polar surface area (TPSA) is 68.0 Å². The van der Waals surface area contributed by atoms with Gasteiger partial charge < -0.3 is 5.32 Å². The van der Waals surface area contributed by atoms with Gasteiger partial charge in [0, 0.05) is 19.3 Å². The lowest BCUT2D eigenvalue weighted by Crippen LogP contribution is -2.31. The number of benzene rings is 1. The monoisotopic (exact) mass is 278 g/mol. The summed E-state index contributed by atoms with van der Waals surface area (Å²) >= 11 is 0. The Morgan fingerprint density at radius 3 is 2.95 bits per heavy atom. The molecule has 0 bridgehead atoms. The molecule has 3 heterocycles. The molecule has 4 rings (SSSR count). The Kier molecular flexibility index (Phi) is 2.85. The summed E-state index contributed by atoms with van der Waals surface area (Å²) in [5.74, 6) is 1.63.